The Bertz CT molecular complexity index is 580. The average molecular weight is 417 g/mol. The number of rotatable bonds is 10. The highest BCUT2D eigenvalue weighted by Crippen LogP contribution is 2.11. The van der Waals surface area contributed by atoms with Crippen LogP contribution >= 0.6 is 0 Å². The molecule has 0 aliphatic rings. The van der Waals surface area contributed by atoms with E-state index in [2.05, 4.69) is 10.6 Å². The molecule has 0 aromatic carbocycles. The Morgan fingerprint density at radius 3 is 1.79 bits per heavy atom. The maximum absolute atomic E-state index is 12.4. The first-order valence-electron chi connectivity index (χ1n) is 9.62. The maximum Gasteiger partial charge on any atom is 0.308 e. The Balaban J connectivity index is 5.02. The van der Waals surface area contributed by atoms with Gasteiger partial charge in [-0.05, 0) is 54.5 Å². The van der Waals surface area contributed by atoms with E-state index < -0.39 is 47.0 Å². The predicted octanol–water partition coefficient (Wildman–Crippen LogP) is -0.273. The number of carbonyl (C=O) groups excluding carboxylic acids is 4. The van der Waals surface area contributed by atoms with Gasteiger partial charge in [-0.2, -0.15) is 0 Å². The number of nitrogens with two attached hydrogens (primary N) is 2. The van der Waals surface area contributed by atoms with Crippen LogP contribution in [0.15, 0.2) is 0 Å². The predicted molar refractivity (Wildman–Crippen MR) is 108 cm³/mol. The number of nitrogens with one attached hydrogen (secondary N) is 2. The lowest BCUT2D eigenvalue weighted by Crippen LogP contribution is -2.53. The molecular formula is C19H36N4O6. The van der Waals surface area contributed by atoms with Gasteiger partial charge in [0.2, 0.25) is 11.8 Å². The molecule has 2 atom stereocenters. The summed E-state index contributed by atoms with van der Waals surface area (Å²) in [5, 5.41) is 5.01. The fraction of sp³-hybridized carbons (Fsp3) is 0.789. The van der Waals surface area contributed by atoms with Crippen LogP contribution in [-0.4, -0.2) is 60.1 Å². The minimum Gasteiger partial charge on any atom is -0.460 e. The van der Waals surface area contributed by atoms with Crippen molar-refractivity contribution in [1.82, 2.24) is 10.6 Å². The van der Waals surface area contributed by atoms with Crippen molar-refractivity contribution in [3.63, 3.8) is 0 Å². The number of hydrogen-bond donors (Lipinski definition) is 4. The third kappa shape index (κ3) is 13.6. The minimum atomic E-state index is -1.23. The average Bonchev–Trinajstić information content (AvgIpc) is 2.50. The molecule has 2 amide bonds. The summed E-state index contributed by atoms with van der Waals surface area (Å²) in [4.78, 5) is 48.7. The van der Waals surface area contributed by atoms with Gasteiger partial charge in [0.15, 0.2) is 0 Å². The zero-order valence-corrected chi connectivity index (χ0v) is 18.3. The lowest BCUT2D eigenvalue weighted by atomic mass is 10.1. The maximum atomic E-state index is 12.4. The Morgan fingerprint density at radius 2 is 1.34 bits per heavy atom. The van der Waals surface area contributed by atoms with Crippen molar-refractivity contribution in [2.45, 2.75) is 84.1 Å². The van der Waals surface area contributed by atoms with E-state index in [0.29, 0.717) is 19.5 Å². The molecule has 0 heterocycles. The van der Waals surface area contributed by atoms with Crippen LogP contribution in [0.25, 0.3) is 0 Å². The Morgan fingerprint density at radius 1 is 0.862 bits per heavy atom. The van der Waals surface area contributed by atoms with Crippen molar-refractivity contribution >= 4 is 23.8 Å². The van der Waals surface area contributed by atoms with Crippen LogP contribution in [0.2, 0.25) is 0 Å². The second-order valence-electron chi connectivity index (χ2n) is 8.68. The van der Waals surface area contributed by atoms with Crippen LogP contribution in [0.1, 0.15) is 60.8 Å². The number of amides is 2. The standard InChI is InChI=1S/C19H36N4O6/c1-18(2,3)28-14(24)10-12(21)16(26)23-13(17(27)22-9-7-8-20)11-15(25)29-19(4,5)6/h12-13H,7-11,20-21H2,1-6H3,(H,22,27)(H,23,26). The van der Waals surface area contributed by atoms with Crippen LogP contribution in [0.3, 0.4) is 0 Å². The molecule has 0 aliphatic carbocycles. The summed E-state index contributed by atoms with van der Waals surface area (Å²) < 4.78 is 10.3. The smallest absolute Gasteiger partial charge is 0.308 e. The van der Waals surface area contributed by atoms with Gasteiger partial charge >= 0.3 is 11.9 Å². The number of esters is 2. The summed E-state index contributed by atoms with van der Waals surface area (Å²) in [6.45, 7) is 10.8. The molecule has 0 radical (unpaired) electrons. The summed E-state index contributed by atoms with van der Waals surface area (Å²) in [5.74, 6) is -2.62. The first-order valence-corrected chi connectivity index (χ1v) is 9.62. The van der Waals surface area contributed by atoms with Crippen molar-refractivity contribution in [1.29, 1.82) is 0 Å². The summed E-state index contributed by atoms with van der Waals surface area (Å²) in [6, 6.07) is -2.43. The Kier molecular flexibility index (Phi) is 10.8. The number of carbonyl (C=O) groups is 4. The zero-order chi connectivity index (χ0) is 22.8. The second-order valence-corrected chi connectivity index (χ2v) is 8.68. The fourth-order valence-electron chi connectivity index (χ4n) is 2.13. The van der Waals surface area contributed by atoms with Crippen LogP contribution in [0.4, 0.5) is 0 Å². The van der Waals surface area contributed by atoms with Crippen LogP contribution in [0.5, 0.6) is 0 Å². The minimum absolute atomic E-state index is 0.292. The molecule has 0 bridgehead atoms. The van der Waals surface area contributed by atoms with Crippen molar-refractivity contribution < 1.29 is 28.7 Å². The molecule has 0 saturated carbocycles. The van der Waals surface area contributed by atoms with E-state index in [9.17, 15) is 19.2 Å². The molecule has 0 rings (SSSR count). The summed E-state index contributed by atoms with van der Waals surface area (Å²) in [6.07, 6.45) is -0.204. The molecule has 6 N–H and O–H groups in total. The van der Waals surface area contributed by atoms with Crippen molar-refractivity contribution in [3.05, 3.63) is 0 Å². The molecule has 10 nitrogen and oxygen atoms in total. The fourth-order valence-corrected chi connectivity index (χ4v) is 2.13. The van der Waals surface area contributed by atoms with E-state index in [0.717, 1.165) is 0 Å². The lowest BCUT2D eigenvalue weighted by molar-refractivity contribution is -0.158. The SMILES string of the molecule is CC(C)(C)OC(=O)CC(N)C(=O)NC(CC(=O)OC(C)(C)C)C(=O)NCCCN. The quantitative estimate of drug-likeness (QED) is 0.279. The molecule has 168 valence electrons. The van der Waals surface area contributed by atoms with E-state index in [-0.39, 0.29) is 12.8 Å². The highest BCUT2D eigenvalue weighted by molar-refractivity contribution is 5.93. The number of ether oxygens (including phenoxy) is 2. The zero-order valence-electron chi connectivity index (χ0n) is 18.3. The van der Waals surface area contributed by atoms with Gasteiger partial charge in [0.25, 0.3) is 0 Å². The topological polar surface area (TPSA) is 163 Å². The largest absolute Gasteiger partial charge is 0.460 e. The first-order chi connectivity index (χ1) is 13.1. The molecule has 10 heteroatoms. The van der Waals surface area contributed by atoms with Gasteiger partial charge in [-0.3, -0.25) is 19.2 Å². The van der Waals surface area contributed by atoms with Crippen molar-refractivity contribution in [3.8, 4) is 0 Å². The Labute approximate surface area is 172 Å². The molecule has 2 unspecified atom stereocenters. The molecular weight excluding hydrogens is 380 g/mol. The molecule has 0 fully saturated rings. The van der Waals surface area contributed by atoms with E-state index in [1.807, 2.05) is 0 Å². The summed E-state index contributed by atoms with van der Waals surface area (Å²) in [5.41, 5.74) is 9.70. The monoisotopic (exact) mass is 416 g/mol. The van der Waals surface area contributed by atoms with Crippen LogP contribution in [0, 0.1) is 0 Å². The number of hydrogen-bond acceptors (Lipinski definition) is 8. The van der Waals surface area contributed by atoms with Crippen LogP contribution < -0.4 is 22.1 Å². The van der Waals surface area contributed by atoms with Crippen LogP contribution in [-0.2, 0) is 28.7 Å². The van der Waals surface area contributed by atoms with Gasteiger partial charge in [0, 0.05) is 6.54 Å². The van der Waals surface area contributed by atoms with E-state index in [4.69, 9.17) is 20.9 Å². The van der Waals surface area contributed by atoms with Crippen molar-refractivity contribution in [2.75, 3.05) is 13.1 Å². The van der Waals surface area contributed by atoms with Gasteiger partial charge in [-0.25, -0.2) is 0 Å². The lowest BCUT2D eigenvalue weighted by Gasteiger charge is -2.24. The molecule has 0 aromatic rings. The van der Waals surface area contributed by atoms with E-state index in [1.54, 1.807) is 41.5 Å². The van der Waals surface area contributed by atoms with Gasteiger partial charge in [-0.15, -0.1) is 0 Å². The normalized spacial score (nSPS) is 13.8. The third-order valence-electron chi connectivity index (χ3n) is 3.25. The summed E-state index contributed by atoms with van der Waals surface area (Å²) >= 11 is 0. The molecule has 0 aliphatic heterocycles. The third-order valence-corrected chi connectivity index (χ3v) is 3.25. The first kappa shape index (κ1) is 26.8. The van der Waals surface area contributed by atoms with Gasteiger partial charge in [0.1, 0.15) is 17.2 Å². The molecule has 0 aromatic heterocycles. The van der Waals surface area contributed by atoms with Crippen molar-refractivity contribution in [2.24, 2.45) is 11.5 Å². The van der Waals surface area contributed by atoms with E-state index >= 15 is 0 Å². The van der Waals surface area contributed by atoms with Gasteiger partial charge in [-0.1, -0.05) is 0 Å². The highest BCUT2D eigenvalue weighted by Gasteiger charge is 2.29. The molecule has 0 spiro atoms. The Hall–Kier alpha value is -2.20. The second kappa shape index (κ2) is 11.7. The highest BCUT2D eigenvalue weighted by atomic mass is 16.6. The van der Waals surface area contributed by atoms with Gasteiger partial charge < -0.3 is 31.6 Å². The molecule has 29 heavy (non-hydrogen) atoms. The molecule has 0 saturated heterocycles. The van der Waals surface area contributed by atoms with Gasteiger partial charge in [0.05, 0.1) is 18.9 Å². The van der Waals surface area contributed by atoms with E-state index in [1.165, 1.54) is 0 Å². The summed E-state index contributed by atoms with van der Waals surface area (Å²) in [7, 11) is 0.